The molecule has 0 aliphatic rings. The lowest BCUT2D eigenvalue weighted by Crippen LogP contribution is -2.14. The van der Waals surface area contributed by atoms with E-state index in [2.05, 4.69) is 4.74 Å². The van der Waals surface area contributed by atoms with E-state index in [1.807, 2.05) is 0 Å². The van der Waals surface area contributed by atoms with Crippen LogP contribution in [0.1, 0.15) is 22.8 Å². The van der Waals surface area contributed by atoms with Crippen molar-refractivity contribution in [3.05, 3.63) is 29.3 Å². The Labute approximate surface area is 96.1 Å². The largest absolute Gasteiger partial charge is 0.494 e. The molecule has 0 unspecified atom stereocenters. The topological polar surface area (TPSA) is 35.5 Å². The molecule has 3 nitrogen and oxygen atoms in total. The minimum absolute atomic E-state index is 0.0625. The molecule has 0 aromatic heterocycles. The number of hydrogen-bond acceptors (Lipinski definition) is 3. The SMILES string of the molecule is CCOc1ccc(C(=O)OC)c(C(F)(F)F)c1. The van der Waals surface area contributed by atoms with Gasteiger partial charge < -0.3 is 9.47 Å². The highest BCUT2D eigenvalue weighted by molar-refractivity contribution is 5.91. The number of carbonyl (C=O) groups excluding carboxylic acids is 1. The Bertz CT molecular complexity index is 413. The zero-order chi connectivity index (χ0) is 13.1. The van der Waals surface area contributed by atoms with Crippen LogP contribution in [-0.2, 0) is 10.9 Å². The van der Waals surface area contributed by atoms with Gasteiger partial charge >= 0.3 is 12.1 Å². The Morgan fingerprint density at radius 1 is 1.35 bits per heavy atom. The van der Waals surface area contributed by atoms with Crippen molar-refractivity contribution in [3.8, 4) is 5.75 Å². The van der Waals surface area contributed by atoms with Crippen LogP contribution in [0.4, 0.5) is 13.2 Å². The minimum Gasteiger partial charge on any atom is -0.494 e. The van der Waals surface area contributed by atoms with E-state index in [4.69, 9.17) is 4.74 Å². The highest BCUT2D eigenvalue weighted by Crippen LogP contribution is 2.34. The number of alkyl halides is 3. The Kier molecular flexibility index (Phi) is 3.98. The van der Waals surface area contributed by atoms with Crippen molar-refractivity contribution in [1.82, 2.24) is 0 Å². The van der Waals surface area contributed by atoms with E-state index in [1.54, 1.807) is 6.92 Å². The maximum Gasteiger partial charge on any atom is 0.417 e. The highest BCUT2D eigenvalue weighted by Gasteiger charge is 2.36. The molecule has 1 aromatic carbocycles. The molecule has 0 amide bonds. The molecule has 0 bridgehead atoms. The van der Waals surface area contributed by atoms with Gasteiger partial charge in [-0.2, -0.15) is 13.2 Å². The molecular formula is C11H11F3O3. The molecule has 1 aromatic rings. The molecule has 0 N–H and O–H groups in total. The van der Waals surface area contributed by atoms with E-state index in [9.17, 15) is 18.0 Å². The Morgan fingerprint density at radius 2 is 2.00 bits per heavy atom. The van der Waals surface area contributed by atoms with Gasteiger partial charge in [-0.25, -0.2) is 4.79 Å². The fourth-order valence-corrected chi connectivity index (χ4v) is 1.30. The molecule has 0 heterocycles. The summed E-state index contributed by atoms with van der Waals surface area (Å²) in [5.41, 5.74) is -1.58. The van der Waals surface area contributed by atoms with Crippen molar-refractivity contribution in [2.24, 2.45) is 0 Å². The zero-order valence-electron chi connectivity index (χ0n) is 9.30. The number of carbonyl (C=O) groups is 1. The molecule has 1 rings (SSSR count). The van der Waals surface area contributed by atoms with Gasteiger partial charge in [0.2, 0.25) is 0 Å². The average molecular weight is 248 g/mol. The molecule has 17 heavy (non-hydrogen) atoms. The summed E-state index contributed by atoms with van der Waals surface area (Å²) in [6.45, 7) is 1.90. The molecular weight excluding hydrogens is 237 g/mol. The zero-order valence-corrected chi connectivity index (χ0v) is 9.30. The van der Waals surface area contributed by atoms with E-state index in [1.165, 1.54) is 6.07 Å². The molecule has 0 atom stereocenters. The van der Waals surface area contributed by atoms with Crippen molar-refractivity contribution in [2.75, 3.05) is 13.7 Å². The van der Waals surface area contributed by atoms with Crippen LogP contribution in [0.15, 0.2) is 18.2 Å². The fraction of sp³-hybridized carbons (Fsp3) is 0.364. The first-order valence-corrected chi connectivity index (χ1v) is 4.82. The van der Waals surface area contributed by atoms with Gasteiger partial charge in [0.15, 0.2) is 0 Å². The number of rotatable bonds is 3. The molecule has 0 fully saturated rings. The second-order valence-corrected chi connectivity index (χ2v) is 3.13. The third kappa shape index (κ3) is 3.12. The first-order valence-electron chi connectivity index (χ1n) is 4.82. The highest BCUT2D eigenvalue weighted by atomic mass is 19.4. The average Bonchev–Trinajstić information content (AvgIpc) is 2.27. The van der Waals surface area contributed by atoms with E-state index in [-0.39, 0.29) is 12.4 Å². The summed E-state index contributed by atoms with van der Waals surface area (Å²) in [6.07, 6.45) is -4.63. The summed E-state index contributed by atoms with van der Waals surface area (Å²) in [5.74, 6) is -0.965. The van der Waals surface area contributed by atoms with Gasteiger partial charge in [-0.1, -0.05) is 0 Å². The number of hydrogen-bond donors (Lipinski definition) is 0. The lowest BCUT2D eigenvalue weighted by Gasteiger charge is -2.13. The number of ether oxygens (including phenoxy) is 2. The Hall–Kier alpha value is -1.72. The van der Waals surface area contributed by atoms with Crippen LogP contribution in [0.25, 0.3) is 0 Å². The molecule has 0 saturated carbocycles. The predicted molar refractivity (Wildman–Crippen MR) is 54.0 cm³/mol. The standard InChI is InChI=1S/C11H11F3O3/c1-3-17-7-4-5-8(10(15)16-2)9(6-7)11(12,13)14/h4-6H,3H2,1-2H3. The lowest BCUT2D eigenvalue weighted by molar-refractivity contribution is -0.138. The molecule has 94 valence electrons. The van der Waals surface area contributed by atoms with Gasteiger partial charge in [0.05, 0.1) is 24.8 Å². The summed E-state index contributed by atoms with van der Waals surface area (Å²) in [4.78, 5) is 11.2. The molecule has 6 heteroatoms. The molecule has 0 saturated heterocycles. The number of methoxy groups -OCH3 is 1. The maximum atomic E-state index is 12.7. The van der Waals surface area contributed by atoms with Crippen molar-refractivity contribution in [2.45, 2.75) is 13.1 Å². The first-order chi connectivity index (χ1) is 7.90. The van der Waals surface area contributed by atoms with Crippen LogP contribution >= 0.6 is 0 Å². The number of esters is 1. The van der Waals surface area contributed by atoms with Crippen LogP contribution in [0, 0.1) is 0 Å². The third-order valence-corrected chi connectivity index (χ3v) is 2.01. The van der Waals surface area contributed by atoms with Crippen molar-refractivity contribution < 1.29 is 27.4 Å². The van der Waals surface area contributed by atoms with E-state index in [0.717, 1.165) is 19.2 Å². The normalized spacial score (nSPS) is 11.1. The summed E-state index contributed by atoms with van der Waals surface area (Å²) in [6, 6.07) is 3.13. The van der Waals surface area contributed by atoms with Gasteiger partial charge in [0, 0.05) is 0 Å². The van der Waals surface area contributed by atoms with Crippen molar-refractivity contribution >= 4 is 5.97 Å². The smallest absolute Gasteiger partial charge is 0.417 e. The van der Waals surface area contributed by atoms with Gasteiger partial charge in [0.25, 0.3) is 0 Å². The Morgan fingerprint density at radius 3 is 2.47 bits per heavy atom. The van der Waals surface area contributed by atoms with Crippen LogP contribution in [0.5, 0.6) is 5.75 Å². The summed E-state index contributed by atoms with van der Waals surface area (Å²) in [7, 11) is 1.03. The summed E-state index contributed by atoms with van der Waals surface area (Å²) < 4.78 is 47.4. The van der Waals surface area contributed by atoms with Gasteiger partial charge in [0.1, 0.15) is 5.75 Å². The summed E-state index contributed by atoms with van der Waals surface area (Å²) in [5, 5.41) is 0. The quantitative estimate of drug-likeness (QED) is 0.771. The van der Waals surface area contributed by atoms with Gasteiger partial charge in [-0.3, -0.25) is 0 Å². The first kappa shape index (κ1) is 13.3. The summed E-state index contributed by atoms with van der Waals surface area (Å²) >= 11 is 0. The van der Waals surface area contributed by atoms with Crippen molar-refractivity contribution in [1.29, 1.82) is 0 Å². The van der Waals surface area contributed by atoms with E-state index in [0.29, 0.717) is 0 Å². The predicted octanol–water partition coefficient (Wildman–Crippen LogP) is 2.89. The number of halogens is 3. The molecule has 0 aliphatic carbocycles. The molecule has 0 spiro atoms. The van der Waals surface area contributed by atoms with E-state index < -0.39 is 23.3 Å². The second kappa shape index (κ2) is 5.07. The molecule has 0 aliphatic heterocycles. The van der Waals surface area contributed by atoms with Gasteiger partial charge in [-0.05, 0) is 25.1 Å². The monoisotopic (exact) mass is 248 g/mol. The molecule has 0 radical (unpaired) electrons. The van der Waals surface area contributed by atoms with Crippen LogP contribution in [0.2, 0.25) is 0 Å². The van der Waals surface area contributed by atoms with Crippen LogP contribution in [-0.4, -0.2) is 19.7 Å². The Balaban J connectivity index is 3.27. The van der Waals surface area contributed by atoms with Crippen LogP contribution < -0.4 is 4.74 Å². The van der Waals surface area contributed by atoms with Gasteiger partial charge in [-0.15, -0.1) is 0 Å². The van der Waals surface area contributed by atoms with Crippen molar-refractivity contribution in [3.63, 3.8) is 0 Å². The fourth-order valence-electron chi connectivity index (χ4n) is 1.30. The second-order valence-electron chi connectivity index (χ2n) is 3.13. The van der Waals surface area contributed by atoms with Crippen LogP contribution in [0.3, 0.4) is 0 Å². The van der Waals surface area contributed by atoms with E-state index >= 15 is 0 Å². The third-order valence-electron chi connectivity index (χ3n) is 2.01. The maximum absolute atomic E-state index is 12.7. The lowest BCUT2D eigenvalue weighted by atomic mass is 10.1. The minimum atomic E-state index is -4.63. The number of benzene rings is 1.